The number of sulfonamides is 1. The monoisotopic (exact) mass is 517 g/mol. The number of hydrogen-bond donors (Lipinski definition) is 1. The molecule has 0 unspecified atom stereocenters. The van der Waals surface area contributed by atoms with Crippen LogP contribution in [0.1, 0.15) is 37.8 Å². The van der Waals surface area contributed by atoms with Crippen LogP contribution in [-0.4, -0.2) is 63.7 Å². The number of nitrogens with zero attached hydrogens (tertiary/aromatic N) is 2. The molecule has 0 radical (unpaired) electrons. The van der Waals surface area contributed by atoms with Crippen molar-refractivity contribution in [2.75, 3.05) is 36.9 Å². The van der Waals surface area contributed by atoms with Gasteiger partial charge < -0.3 is 19.7 Å². The summed E-state index contributed by atoms with van der Waals surface area (Å²) >= 11 is 0. The molecule has 0 aromatic heterocycles. The number of nitrogens with one attached hydrogen (secondary N) is 1. The van der Waals surface area contributed by atoms with E-state index in [9.17, 15) is 18.0 Å². The molecule has 196 valence electrons. The highest BCUT2D eigenvalue weighted by Crippen LogP contribution is 2.34. The van der Waals surface area contributed by atoms with E-state index in [0.29, 0.717) is 31.3 Å². The van der Waals surface area contributed by atoms with Gasteiger partial charge in [0.05, 0.1) is 11.9 Å². The van der Waals surface area contributed by atoms with Gasteiger partial charge in [-0.1, -0.05) is 43.2 Å². The first kappa shape index (κ1) is 27.3. The van der Waals surface area contributed by atoms with Crippen LogP contribution >= 0.6 is 0 Å². The minimum Gasteiger partial charge on any atom is -0.486 e. The van der Waals surface area contributed by atoms with Crippen LogP contribution in [0.4, 0.5) is 5.69 Å². The maximum atomic E-state index is 13.6. The SMILES string of the molecule is CCCCNC(=O)[C@H](C)N(Cc1cccc(C)c1)C(=O)CN(c1ccc2c(c1)OCCO2)S(C)(=O)=O. The molecule has 2 aromatic carbocycles. The van der Waals surface area contributed by atoms with E-state index in [4.69, 9.17) is 9.47 Å². The third-order valence-corrected chi connectivity index (χ3v) is 7.07. The van der Waals surface area contributed by atoms with Gasteiger partial charge in [0.2, 0.25) is 21.8 Å². The van der Waals surface area contributed by atoms with E-state index in [-0.39, 0.29) is 18.1 Å². The number of rotatable bonds is 11. The average Bonchev–Trinajstić information content (AvgIpc) is 2.84. The summed E-state index contributed by atoms with van der Waals surface area (Å²) in [5, 5.41) is 2.87. The summed E-state index contributed by atoms with van der Waals surface area (Å²) in [5.41, 5.74) is 2.15. The van der Waals surface area contributed by atoms with Crippen LogP contribution in [0.15, 0.2) is 42.5 Å². The van der Waals surface area contributed by atoms with Gasteiger partial charge in [0, 0.05) is 19.2 Å². The van der Waals surface area contributed by atoms with Crippen molar-refractivity contribution in [3.63, 3.8) is 0 Å². The fourth-order valence-corrected chi connectivity index (χ4v) is 4.77. The lowest BCUT2D eigenvalue weighted by atomic mass is 10.1. The first-order valence-electron chi connectivity index (χ1n) is 12.1. The van der Waals surface area contributed by atoms with E-state index in [0.717, 1.165) is 34.5 Å². The quantitative estimate of drug-likeness (QED) is 0.460. The third kappa shape index (κ3) is 7.13. The zero-order chi connectivity index (χ0) is 26.3. The number of hydrogen-bond acceptors (Lipinski definition) is 6. The Morgan fingerprint density at radius 1 is 1.08 bits per heavy atom. The second-order valence-corrected chi connectivity index (χ2v) is 10.8. The summed E-state index contributed by atoms with van der Waals surface area (Å²) in [6, 6.07) is 11.6. The van der Waals surface area contributed by atoms with Gasteiger partial charge in [0.25, 0.3) is 0 Å². The van der Waals surface area contributed by atoms with E-state index >= 15 is 0 Å². The molecule has 0 fully saturated rings. The van der Waals surface area contributed by atoms with Gasteiger partial charge in [-0.2, -0.15) is 0 Å². The van der Waals surface area contributed by atoms with Crippen molar-refractivity contribution in [3.05, 3.63) is 53.6 Å². The largest absolute Gasteiger partial charge is 0.486 e. The normalized spacial score (nSPS) is 13.6. The number of fused-ring (bicyclic) bond motifs is 1. The molecule has 1 atom stereocenters. The van der Waals surface area contributed by atoms with Crippen molar-refractivity contribution in [1.29, 1.82) is 0 Å². The number of unbranched alkanes of at least 4 members (excludes halogenated alkanes) is 1. The van der Waals surface area contributed by atoms with Gasteiger partial charge >= 0.3 is 0 Å². The van der Waals surface area contributed by atoms with Crippen LogP contribution in [0.3, 0.4) is 0 Å². The Balaban J connectivity index is 1.89. The second kappa shape index (κ2) is 12.1. The van der Waals surface area contributed by atoms with E-state index in [1.54, 1.807) is 25.1 Å². The Morgan fingerprint density at radius 3 is 2.47 bits per heavy atom. The fourth-order valence-electron chi connectivity index (χ4n) is 3.93. The number of aryl methyl sites for hydroxylation is 1. The average molecular weight is 518 g/mol. The molecule has 0 saturated carbocycles. The van der Waals surface area contributed by atoms with Crippen molar-refractivity contribution < 1.29 is 27.5 Å². The van der Waals surface area contributed by atoms with Crippen LogP contribution in [0.25, 0.3) is 0 Å². The molecule has 10 heteroatoms. The Labute approximate surface area is 213 Å². The molecule has 3 rings (SSSR count). The van der Waals surface area contributed by atoms with Crippen molar-refractivity contribution >= 4 is 27.5 Å². The van der Waals surface area contributed by atoms with Gasteiger partial charge in [-0.15, -0.1) is 0 Å². The highest BCUT2D eigenvalue weighted by molar-refractivity contribution is 7.92. The van der Waals surface area contributed by atoms with Crippen molar-refractivity contribution in [3.8, 4) is 11.5 Å². The van der Waals surface area contributed by atoms with Gasteiger partial charge in [0.1, 0.15) is 25.8 Å². The number of ether oxygens (including phenoxy) is 2. The Kier molecular flexibility index (Phi) is 9.19. The lowest BCUT2D eigenvalue weighted by Gasteiger charge is -2.32. The molecule has 0 bridgehead atoms. The van der Waals surface area contributed by atoms with Crippen molar-refractivity contribution in [2.45, 2.75) is 46.2 Å². The summed E-state index contributed by atoms with van der Waals surface area (Å²) < 4.78 is 37.6. The molecule has 1 heterocycles. The molecule has 2 amide bonds. The third-order valence-electron chi connectivity index (χ3n) is 5.93. The molecule has 9 nitrogen and oxygen atoms in total. The van der Waals surface area contributed by atoms with Crippen LogP contribution in [0.2, 0.25) is 0 Å². The first-order valence-corrected chi connectivity index (χ1v) is 13.9. The zero-order valence-corrected chi connectivity index (χ0v) is 22.1. The van der Waals surface area contributed by atoms with Crippen LogP contribution in [0.5, 0.6) is 11.5 Å². The van der Waals surface area contributed by atoms with E-state index in [2.05, 4.69) is 5.32 Å². The van der Waals surface area contributed by atoms with Crippen LogP contribution in [0, 0.1) is 6.92 Å². The highest BCUT2D eigenvalue weighted by atomic mass is 32.2. The fraction of sp³-hybridized carbons (Fsp3) is 0.462. The smallest absolute Gasteiger partial charge is 0.244 e. The molecule has 1 aliphatic heterocycles. The number of carbonyl (C=O) groups is 2. The lowest BCUT2D eigenvalue weighted by molar-refractivity contribution is -0.139. The summed E-state index contributed by atoms with van der Waals surface area (Å²) in [5.74, 6) is 0.160. The molecule has 36 heavy (non-hydrogen) atoms. The Hall–Kier alpha value is -3.27. The van der Waals surface area contributed by atoms with Crippen LogP contribution < -0.4 is 19.1 Å². The minimum absolute atomic E-state index is 0.168. The van der Waals surface area contributed by atoms with Crippen LogP contribution in [-0.2, 0) is 26.2 Å². The number of amides is 2. The van der Waals surface area contributed by atoms with Gasteiger partial charge in [-0.3, -0.25) is 13.9 Å². The number of carbonyl (C=O) groups excluding carboxylic acids is 2. The summed E-state index contributed by atoms with van der Waals surface area (Å²) in [6.45, 7) is 6.61. The summed E-state index contributed by atoms with van der Waals surface area (Å²) in [6.07, 6.45) is 2.80. The summed E-state index contributed by atoms with van der Waals surface area (Å²) in [4.78, 5) is 27.9. The first-order chi connectivity index (χ1) is 17.1. The van der Waals surface area contributed by atoms with E-state index in [1.807, 2.05) is 38.1 Å². The lowest BCUT2D eigenvalue weighted by Crippen LogP contribution is -2.51. The zero-order valence-electron chi connectivity index (χ0n) is 21.3. The topological polar surface area (TPSA) is 105 Å². The predicted molar refractivity (Wildman–Crippen MR) is 139 cm³/mol. The van der Waals surface area contributed by atoms with E-state index < -0.39 is 28.5 Å². The maximum Gasteiger partial charge on any atom is 0.244 e. The van der Waals surface area contributed by atoms with Gasteiger partial charge in [-0.25, -0.2) is 8.42 Å². The summed E-state index contributed by atoms with van der Waals surface area (Å²) in [7, 11) is -3.83. The number of benzene rings is 2. The molecule has 0 spiro atoms. The van der Waals surface area contributed by atoms with Gasteiger partial charge in [-0.05, 0) is 38.0 Å². The Morgan fingerprint density at radius 2 is 1.81 bits per heavy atom. The molecular formula is C26H35N3O6S. The molecule has 1 aliphatic rings. The molecule has 0 aliphatic carbocycles. The molecule has 1 N–H and O–H groups in total. The second-order valence-electron chi connectivity index (χ2n) is 8.93. The van der Waals surface area contributed by atoms with E-state index in [1.165, 1.54) is 4.90 Å². The predicted octanol–water partition coefficient (Wildman–Crippen LogP) is 2.87. The molecule has 0 saturated heterocycles. The highest BCUT2D eigenvalue weighted by Gasteiger charge is 2.30. The maximum absolute atomic E-state index is 13.6. The molecular weight excluding hydrogens is 482 g/mol. The Bertz CT molecular complexity index is 1180. The molecule has 2 aromatic rings. The standard InChI is InChI=1S/C26H35N3O6S/c1-5-6-12-27-26(31)20(3)28(17-21-9-7-8-19(2)15-21)25(30)18-29(36(4,32)33)22-10-11-23-24(16-22)35-14-13-34-23/h7-11,15-16,20H,5-6,12-14,17-18H2,1-4H3,(H,27,31)/t20-/m0/s1. The van der Waals surface area contributed by atoms with Gasteiger partial charge in [0.15, 0.2) is 11.5 Å². The van der Waals surface area contributed by atoms with Crippen molar-refractivity contribution in [1.82, 2.24) is 10.2 Å². The number of anilines is 1. The van der Waals surface area contributed by atoms with Crippen molar-refractivity contribution in [2.24, 2.45) is 0 Å². The minimum atomic E-state index is -3.83.